The third-order valence-corrected chi connectivity index (χ3v) is 2.43. The zero-order chi connectivity index (χ0) is 14.4. The SMILES string of the molecule is CC(Cl)C(=O)NCCNC(=O)c1cc(O)cc(O)c1. The van der Waals surface area contributed by atoms with Crippen molar-refractivity contribution in [3.05, 3.63) is 23.8 Å². The molecule has 104 valence electrons. The first-order chi connectivity index (χ1) is 8.90. The molecule has 0 bridgehead atoms. The van der Waals surface area contributed by atoms with Gasteiger partial charge in [-0.1, -0.05) is 0 Å². The van der Waals surface area contributed by atoms with E-state index < -0.39 is 11.3 Å². The van der Waals surface area contributed by atoms with Crippen molar-refractivity contribution in [1.29, 1.82) is 0 Å². The summed E-state index contributed by atoms with van der Waals surface area (Å²) in [6.45, 7) is 2.00. The largest absolute Gasteiger partial charge is 0.508 e. The fourth-order valence-electron chi connectivity index (χ4n) is 1.33. The lowest BCUT2D eigenvalue weighted by molar-refractivity contribution is -0.120. The molecule has 0 heterocycles. The zero-order valence-electron chi connectivity index (χ0n) is 10.3. The molecule has 1 atom stereocenters. The Hall–Kier alpha value is -1.95. The predicted octanol–water partition coefficient (Wildman–Crippen LogP) is 0.571. The van der Waals surface area contributed by atoms with E-state index in [1.165, 1.54) is 12.1 Å². The lowest BCUT2D eigenvalue weighted by atomic mass is 10.2. The molecule has 1 aromatic carbocycles. The summed E-state index contributed by atoms with van der Waals surface area (Å²) in [5, 5.41) is 22.9. The maximum atomic E-state index is 11.7. The Morgan fingerprint density at radius 2 is 1.68 bits per heavy atom. The highest BCUT2D eigenvalue weighted by Gasteiger charge is 2.09. The first kappa shape index (κ1) is 15.1. The van der Waals surface area contributed by atoms with Crippen molar-refractivity contribution in [2.24, 2.45) is 0 Å². The molecule has 0 fully saturated rings. The van der Waals surface area contributed by atoms with Gasteiger partial charge in [-0.25, -0.2) is 0 Å². The summed E-state index contributed by atoms with van der Waals surface area (Å²) in [6.07, 6.45) is 0. The van der Waals surface area contributed by atoms with Gasteiger partial charge in [-0.15, -0.1) is 11.6 Å². The van der Waals surface area contributed by atoms with Crippen molar-refractivity contribution < 1.29 is 19.8 Å². The molecular weight excluding hydrogens is 272 g/mol. The molecule has 0 aromatic heterocycles. The minimum atomic E-state index is -0.626. The summed E-state index contributed by atoms with van der Waals surface area (Å²) in [5.74, 6) is -1.17. The maximum absolute atomic E-state index is 11.7. The zero-order valence-corrected chi connectivity index (χ0v) is 11.1. The molecule has 0 saturated carbocycles. The molecule has 19 heavy (non-hydrogen) atoms. The van der Waals surface area contributed by atoms with Gasteiger partial charge in [0, 0.05) is 24.7 Å². The molecule has 1 unspecified atom stereocenters. The number of rotatable bonds is 5. The Morgan fingerprint density at radius 1 is 1.16 bits per heavy atom. The average Bonchev–Trinajstić information content (AvgIpc) is 2.32. The summed E-state index contributed by atoms with van der Waals surface area (Å²) in [4.78, 5) is 22.8. The summed E-state index contributed by atoms with van der Waals surface area (Å²) >= 11 is 5.55. The summed E-state index contributed by atoms with van der Waals surface area (Å²) < 4.78 is 0. The van der Waals surface area contributed by atoms with Crippen molar-refractivity contribution in [2.45, 2.75) is 12.3 Å². The number of carbonyl (C=O) groups excluding carboxylic acids is 2. The molecule has 0 saturated heterocycles. The Labute approximate surface area is 115 Å². The van der Waals surface area contributed by atoms with Crippen molar-refractivity contribution >= 4 is 23.4 Å². The van der Waals surface area contributed by atoms with E-state index in [1.54, 1.807) is 6.92 Å². The summed E-state index contributed by atoms with van der Waals surface area (Å²) in [7, 11) is 0. The van der Waals surface area contributed by atoms with E-state index in [2.05, 4.69) is 10.6 Å². The van der Waals surface area contributed by atoms with Crippen LogP contribution in [0.15, 0.2) is 18.2 Å². The summed E-state index contributed by atoms with van der Waals surface area (Å²) in [6, 6.07) is 3.59. The second kappa shape index (κ2) is 6.84. The van der Waals surface area contributed by atoms with Gasteiger partial charge in [-0.2, -0.15) is 0 Å². The second-order valence-electron chi connectivity index (χ2n) is 3.90. The number of hydrogen-bond acceptors (Lipinski definition) is 4. The topological polar surface area (TPSA) is 98.7 Å². The molecule has 0 radical (unpaired) electrons. The van der Waals surface area contributed by atoms with E-state index >= 15 is 0 Å². The summed E-state index contributed by atoms with van der Waals surface area (Å²) in [5.41, 5.74) is 0.134. The highest BCUT2D eigenvalue weighted by molar-refractivity contribution is 6.30. The smallest absolute Gasteiger partial charge is 0.251 e. The highest BCUT2D eigenvalue weighted by Crippen LogP contribution is 2.20. The van der Waals surface area contributed by atoms with Crippen LogP contribution in [0.2, 0.25) is 0 Å². The number of carbonyl (C=O) groups is 2. The molecule has 0 aliphatic carbocycles. The van der Waals surface area contributed by atoms with E-state index in [1.807, 2.05) is 0 Å². The second-order valence-corrected chi connectivity index (χ2v) is 4.56. The maximum Gasteiger partial charge on any atom is 0.251 e. The van der Waals surface area contributed by atoms with E-state index in [4.69, 9.17) is 11.6 Å². The third kappa shape index (κ3) is 5.05. The van der Waals surface area contributed by atoms with Crippen LogP contribution in [0.3, 0.4) is 0 Å². The van der Waals surface area contributed by atoms with Crippen LogP contribution < -0.4 is 10.6 Å². The first-order valence-electron chi connectivity index (χ1n) is 5.63. The van der Waals surface area contributed by atoms with Crippen LogP contribution >= 0.6 is 11.6 Å². The van der Waals surface area contributed by atoms with Crippen LogP contribution in [0, 0.1) is 0 Å². The number of amides is 2. The molecule has 6 nitrogen and oxygen atoms in total. The number of phenolic OH excluding ortho intramolecular Hbond substituents is 2. The Balaban J connectivity index is 2.41. The van der Waals surface area contributed by atoms with Gasteiger partial charge in [-0.3, -0.25) is 9.59 Å². The van der Waals surface area contributed by atoms with Crippen LogP contribution in [-0.2, 0) is 4.79 Å². The normalized spacial score (nSPS) is 11.7. The van der Waals surface area contributed by atoms with E-state index in [9.17, 15) is 19.8 Å². The number of benzene rings is 1. The van der Waals surface area contributed by atoms with E-state index in [0.717, 1.165) is 6.07 Å². The van der Waals surface area contributed by atoms with Crippen molar-refractivity contribution in [1.82, 2.24) is 10.6 Å². The highest BCUT2D eigenvalue weighted by atomic mass is 35.5. The number of alkyl halides is 1. The van der Waals surface area contributed by atoms with Crippen molar-refractivity contribution in [2.75, 3.05) is 13.1 Å². The van der Waals surface area contributed by atoms with Gasteiger partial charge in [0.1, 0.15) is 16.9 Å². The van der Waals surface area contributed by atoms with Crippen LogP contribution in [0.1, 0.15) is 17.3 Å². The lowest BCUT2D eigenvalue weighted by Crippen LogP contribution is -2.37. The lowest BCUT2D eigenvalue weighted by Gasteiger charge is -2.08. The van der Waals surface area contributed by atoms with E-state index in [0.29, 0.717) is 0 Å². The first-order valence-corrected chi connectivity index (χ1v) is 6.07. The fraction of sp³-hybridized carbons (Fsp3) is 0.333. The van der Waals surface area contributed by atoms with Crippen LogP contribution in [-0.4, -0.2) is 40.5 Å². The number of phenols is 2. The molecule has 0 aliphatic rings. The minimum absolute atomic E-state index is 0.134. The minimum Gasteiger partial charge on any atom is -0.508 e. The third-order valence-electron chi connectivity index (χ3n) is 2.24. The number of hydrogen-bond donors (Lipinski definition) is 4. The monoisotopic (exact) mass is 286 g/mol. The van der Waals surface area contributed by atoms with Crippen LogP contribution in [0.5, 0.6) is 11.5 Å². The van der Waals surface area contributed by atoms with Gasteiger partial charge in [-0.05, 0) is 19.1 Å². The van der Waals surface area contributed by atoms with Gasteiger partial charge in [0.2, 0.25) is 5.91 Å². The quantitative estimate of drug-likeness (QED) is 0.470. The average molecular weight is 287 g/mol. The van der Waals surface area contributed by atoms with Gasteiger partial charge >= 0.3 is 0 Å². The van der Waals surface area contributed by atoms with Crippen molar-refractivity contribution in [3.63, 3.8) is 0 Å². The molecule has 4 N–H and O–H groups in total. The number of halogens is 1. The predicted molar refractivity (Wildman–Crippen MR) is 70.4 cm³/mol. The Kier molecular flexibility index (Phi) is 5.44. The van der Waals surface area contributed by atoms with Gasteiger partial charge in [0.05, 0.1) is 0 Å². The van der Waals surface area contributed by atoms with Gasteiger partial charge in [0.25, 0.3) is 5.91 Å². The van der Waals surface area contributed by atoms with E-state index in [-0.39, 0.29) is 36.1 Å². The number of aromatic hydroxyl groups is 2. The molecule has 0 aliphatic heterocycles. The van der Waals surface area contributed by atoms with Gasteiger partial charge in [0.15, 0.2) is 0 Å². The fourth-order valence-corrected chi connectivity index (χ4v) is 1.41. The molecule has 0 spiro atoms. The Morgan fingerprint density at radius 3 is 2.21 bits per heavy atom. The van der Waals surface area contributed by atoms with Gasteiger partial charge < -0.3 is 20.8 Å². The Bertz CT molecular complexity index is 457. The molecular formula is C12H15ClN2O4. The molecule has 1 rings (SSSR count). The van der Waals surface area contributed by atoms with Crippen LogP contribution in [0.25, 0.3) is 0 Å². The van der Waals surface area contributed by atoms with Crippen LogP contribution in [0.4, 0.5) is 0 Å². The van der Waals surface area contributed by atoms with Crippen molar-refractivity contribution in [3.8, 4) is 11.5 Å². The molecule has 1 aromatic rings. The standard InChI is InChI=1S/C12H15ClN2O4/c1-7(13)11(18)14-2-3-15-12(19)8-4-9(16)6-10(17)5-8/h4-7,16-17H,2-3H2,1H3,(H,14,18)(H,15,19). The molecule has 7 heteroatoms. The number of nitrogens with one attached hydrogen (secondary N) is 2. The molecule has 2 amide bonds.